The van der Waals surface area contributed by atoms with E-state index in [1.165, 1.54) is 4.90 Å². The van der Waals surface area contributed by atoms with Gasteiger partial charge in [-0.1, -0.05) is 84.9 Å². The first-order valence-electron chi connectivity index (χ1n) is 14.8. The van der Waals surface area contributed by atoms with Crippen molar-refractivity contribution in [3.8, 4) is 11.1 Å². The van der Waals surface area contributed by atoms with Crippen LogP contribution in [0.2, 0.25) is 0 Å². The highest BCUT2D eigenvalue weighted by atomic mass is 32.2. The summed E-state index contributed by atoms with van der Waals surface area (Å²) in [6.45, 7) is 0.386. The van der Waals surface area contributed by atoms with Gasteiger partial charge in [-0.15, -0.1) is 11.8 Å². The highest BCUT2D eigenvalue weighted by Crippen LogP contribution is 2.40. The Morgan fingerprint density at radius 1 is 0.795 bits per heavy atom. The molecule has 4 aromatic rings. The molecule has 1 aliphatic rings. The summed E-state index contributed by atoms with van der Waals surface area (Å²) in [5, 5.41) is 21.1. The van der Waals surface area contributed by atoms with Gasteiger partial charge in [-0.2, -0.15) is 0 Å². The molecule has 3 N–H and O–H groups in total. The van der Waals surface area contributed by atoms with Crippen LogP contribution in [0.1, 0.15) is 60.3 Å². The number of hydrogen-bond acceptors (Lipinski definition) is 6. The molecule has 0 radical (unpaired) electrons. The van der Waals surface area contributed by atoms with E-state index < -0.39 is 12.3 Å². The first-order chi connectivity index (χ1) is 21.5. The minimum atomic E-state index is -0.895. The summed E-state index contributed by atoms with van der Waals surface area (Å²) in [7, 11) is 0. The van der Waals surface area contributed by atoms with Crippen LogP contribution >= 0.6 is 11.8 Å². The molecule has 1 heterocycles. The van der Waals surface area contributed by atoms with E-state index in [9.17, 15) is 14.7 Å². The molecule has 0 unspecified atom stereocenters. The Labute approximate surface area is 262 Å². The van der Waals surface area contributed by atoms with Gasteiger partial charge >= 0.3 is 5.97 Å². The van der Waals surface area contributed by atoms with E-state index in [-0.39, 0.29) is 37.6 Å². The van der Waals surface area contributed by atoms with E-state index in [1.54, 1.807) is 11.8 Å². The molecule has 7 nitrogen and oxygen atoms in total. The number of amides is 1. The lowest BCUT2D eigenvalue weighted by Gasteiger charge is -2.36. The third-order valence-corrected chi connectivity index (χ3v) is 8.67. The fraction of sp³-hybridized carbons (Fsp3) is 0.278. The number of thioether (sulfide) groups is 1. The molecule has 5 rings (SSSR count). The van der Waals surface area contributed by atoms with Gasteiger partial charge < -0.3 is 25.0 Å². The van der Waals surface area contributed by atoms with Crippen molar-refractivity contribution in [1.82, 2.24) is 5.32 Å². The molecule has 8 heteroatoms. The number of carboxylic acid groups (broad SMARTS) is 1. The quantitative estimate of drug-likeness (QED) is 0.139. The molecule has 3 atom stereocenters. The first-order valence-corrected chi connectivity index (χ1v) is 15.8. The number of benzene rings is 4. The van der Waals surface area contributed by atoms with Crippen LogP contribution in [0, 0.1) is 0 Å². The molecule has 44 heavy (non-hydrogen) atoms. The maximum absolute atomic E-state index is 12.1. The monoisotopic (exact) mass is 611 g/mol. The minimum absolute atomic E-state index is 0.00632. The van der Waals surface area contributed by atoms with Gasteiger partial charge in [-0.3, -0.25) is 9.59 Å². The summed E-state index contributed by atoms with van der Waals surface area (Å²) >= 11 is 1.78. The number of ether oxygens (including phenoxy) is 2. The second-order valence-electron chi connectivity index (χ2n) is 10.8. The minimum Gasteiger partial charge on any atom is -0.481 e. The van der Waals surface area contributed by atoms with E-state index in [2.05, 4.69) is 29.6 Å². The molecule has 0 aliphatic carbocycles. The van der Waals surface area contributed by atoms with Crippen LogP contribution in [-0.4, -0.2) is 33.9 Å². The number of carbonyl (C=O) groups is 2. The average Bonchev–Trinajstić information content (AvgIpc) is 3.07. The fourth-order valence-electron chi connectivity index (χ4n) is 5.11. The Kier molecular flexibility index (Phi) is 11.2. The Bertz CT molecular complexity index is 1510. The lowest BCUT2D eigenvalue weighted by molar-refractivity contribution is -0.245. The largest absolute Gasteiger partial charge is 0.481 e. The zero-order valence-electron chi connectivity index (χ0n) is 24.4. The van der Waals surface area contributed by atoms with E-state index in [0.717, 1.165) is 45.6 Å². The molecule has 0 aromatic heterocycles. The second-order valence-corrected chi connectivity index (χ2v) is 11.9. The average molecular weight is 612 g/mol. The number of aliphatic carboxylic acids is 1. The van der Waals surface area contributed by atoms with Gasteiger partial charge in [-0.05, 0) is 52.4 Å². The van der Waals surface area contributed by atoms with Crippen molar-refractivity contribution >= 4 is 23.6 Å². The number of nitrogens with one attached hydrogen (secondary N) is 1. The standard InChI is InChI=1S/C36H37NO6S/c38-23-25-12-14-28(15-13-25)33-21-31(24-44-32-8-2-1-3-9-32)42-36(43-33)29-18-16-27(17-19-29)30-7-4-6-26(20-30)22-37-34(39)10-5-11-35(40)41/h1-4,6-9,12-20,31,33,36,38H,5,10-11,21-24H2,(H,37,39)(H,40,41)/t31-,33+,36+/m0/s1. The summed E-state index contributed by atoms with van der Waals surface area (Å²) in [4.78, 5) is 24.0. The van der Waals surface area contributed by atoms with E-state index in [0.29, 0.717) is 13.0 Å². The van der Waals surface area contributed by atoms with Gasteiger partial charge in [0, 0.05) is 42.0 Å². The van der Waals surface area contributed by atoms with E-state index in [4.69, 9.17) is 14.6 Å². The number of rotatable bonds is 13. The van der Waals surface area contributed by atoms with Gasteiger partial charge in [0.15, 0.2) is 6.29 Å². The SMILES string of the molecule is O=C(O)CCCC(=O)NCc1cccc(-c2ccc([C@@H]3O[C@H](CSc4ccccc4)C[C@H](c4ccc(CO)cc4)O3)cc2)c1. The predicted octanol–water partition coefficient (Wildman–Crippen LogP) is 7.05. The number of hydrogen-bond donors (Lipinski definition) is 3. The molecule has 1 saturated heterocycles. The van der Waals surface area contributed by atoms with Crippen molar-refractivity contribution in [2.24, 2.45) is 0 Å². The van der Waals surface area contributed by atoms with Crippen LogP contribution in [0.4, 0.5) is 0 Å². The summed E-state index contributed by atoms with van der Waals surface area (Å²) in [5.41, 5.74) is 5.89. The van der Waals surface area contributed by atoms with Crippen LogP contribution in [0.3, 0.4) is 0 Å². The molecular weight excluding hydrogens is 574 g/mol. The molecule has 4 aromatic carbocycles. The van der Waals surface area contributed by atoms with Gasteiger partial charge in [0.1, 0.15) is 0 Å². The number of carboxylic acids is 1. The number of carbonyl (C=O) groups excluding carboxylic acids is 1. The van der Waals surface area contributed by atoms with E-state index >= 15 is 0 Å². The normalized spacial score (nSPS) is 18.1. The lowest BCUT2D eigenvalue weighted by atomic mass is 9.99. The highest BCUT2D eigenvalue weighted by Gasteiger charge is 2.32. The zero-order valence-corrected chi connectivity index (χ0v) is 25.2. The fourth-order valence-corrected chi connectivity index (χ4v) is 6.05. The molecule has 228 valence electrons. The maximum atomic E-state index is 12.1. The lowest BCUT2D eigenvalue weighted by Crippen LogP contribution is -2.31. The smallest absolute Gasteiger partial charge is 0.303 e. The van der Waals surface area contributed by atoms with Crippen LogP contribution in [0.25, 0.3) is 11.1 Å². The van der Waals surface area contributed by atoms with Crippen LogP contribution < -0.4 is 5.32 Å². The molecule has 0 bridgehead atoms. The van der Waals surface area contributed by atoms with Crippen molar-refractivity contribution in [3.05, 3.63) is 125 Å². The van der Waals surface area contributed by atoms with Crippen LogP contribution in [0.15, 0.2) is 108 Å². The van der Waals surface area contributed by atoms with Crippen molar-refractivity contribution in [3.63, 3.8) is 0 Å². The van der Waals surface area contributed by atoms with Crippen LogP contribution in [0.5, 0.6) is 0 Å². The molecular formula is C36H37NO6S. The third kappa shape index (κ3) is 9.03. The predicted molar refractivity (Wildman–Crippen MR) is 171 cm³/mol. The van der Waals surface area contributed by atoms with Gasteiger partial charge in [0.05, 0.1) is 18.8 Å². The third-order valence-electron chi connectivity index (χ3n) is 7.52. The van der Waals surface area contributed by atoms with Crippen molar-refractivity contribution in [2.45, 2.75) is 62.2 Å². The summed E-state index contributed by atoms with van der Waals surface area (Å²) < 4.78 is 13.0. The van der Waals surface area contributed by atoms with Gasteiger partial charge in [0.25, 0.3) is 0 Å². The van der Waals surface area contributed by atoms with Crippen molar-refractivity contribution in [2.75, 3.05) is 5.75 Å². The molecule has 1 amide bonds. The van der Waals surface area contributed by atoms with Gasteiger partial charge in [-0.25, -0.2) is 0 Å². The van der Waals surface area contributed by atoms with Crippen molar-refractivity contribution in [1.29, 1.82) is 0 Å². The highest BCUT2D eigenvalue weighted by molar-refractivity contribution is 7.99. The topological polar surface area (TPSA) is 105 Å². The van der Waals surface area contributed by atoms with E-state index in [1.807, 2.05) is 78.9 Å². The Hall–Kier alpha value is -3.95. The maximum Gasteiger partial charge on any atom is 0.303 e. The first kappa shape index (κ1) is 31.5. The Balaban J connectivity index is 1.26. The summed E-state index contributed by atoms with van der Waals surface area (Å²) in [6.07, 6.45) is 0.558. The Morgan fingerprint density at radius 3 is 2.27 bits per heavy atom. The number of aliphatic hydroxyl groups excluding tert-OH is 1. The second kappa shape index (κ2) is 15.7. The summed E-state index contributed by atoms with van der Waals surface area (Å²) in [6, 6.07) is 34.4. The zero-order chi connectivity index (χ0) is 30.7. The molecule has 1 aliphatic heterocycles. The molecule has 1 fully saturated rings. The van der Waals surface area contributed by atoms with Crippen LogP contribution in [-0.2, 0) is 32.2 Å². The molecule has 0 spiro atoms. The van der Waals surface area contributed by atoms with Crippen molar-refractivity contribution < 1.29 is 29.3 Å². The Morgan fingerprint density at radius 2 is 1.55 bits per heavy atom. The van der Waals surface area contributed by atoms with Gasteiger partial charge in [0.2, 0.25) is 5.91 Å². The number of aliphatic hydroxyl groups is 1. The summed E-state index contributed by atoms with van der Waals surface area (Å²) in [5.74, 6) is -0.249. The molecule has 0 saturated carbocycles.